The molecule has 1 aromatic heterocycles. The van der Waals surface area contributed by atoms with Gasteiger partial charge in [0.05, 0.1) is 6.07 Å². The van der Waals surface area contributed by atoms with Crippen molar-refractivity contribution in [3.05, 3.63) is 21.9 Å². The molecule has 0 radical (unpaired) electrons. The van der Waals surface area contributed by atoms with Crippen LogP contribution in [0.3, 0.4) is 0 Å². The van der Waals surface area contributed by atoms with Crippen LogP contribution in [0.25, 0.3) is 0 Å². The number of thiophene rings is 1. The van der Waals surface area contributed by atoms with Crippen LogP contribution in [0.15, 0.2) is 11.4 Å². The quantitative estimate of drug-likeness (QED) is 0.784. The fraction of sp³-hybridized carbons (Fsp3) is 0.556. The average molecular weight is 372 g/mol. The van der Waals surface area contributed by atoms with Crippen LogP contribution in [0.1, 0.15) is 43.0 Å². The second-order valence-electron chi connectivity index (χ2n) is 7.47. The number of aryl methyl sites for hydroxylation is 1. The average Bonchev–Trinajstić information content (AvgIpc) is 3.32. The summed E-state index contributed by atoms with van der Waals surface area (Å²) < 4.78 is 0. The minimum absolute atomic E-state index is 0.137. The topological polar surface area (TPSA) is 102 Å². The Kier molecular flexibility index (Phi) is 3.81. The molecule has 3 aliphatic rings. The molecule has 1 aromatic rings. The van der Waals surface area contributed by atoms with Crippen LogP contribution in [-0.2, 0) is 21.5 Å². The minimum atomic E-state index is -1.04. The SMILES string of the molecule is C[C@](C#N)(NC(=O)CN1C(=O)N[C@]2(CCCc3sccc32)C1=O)C1CC1. The third kappa shape index (κ3) is 2.50. The molecule has 1 saturated carbocycles. The molecule has 0 aromatic carbocycles. The van der Waals surface area contributed by atoms with Gasteiger partial charge in [0.2, 0.25) is 5.91 Å². The maximum atomic E-state index is 13.1. The standard InChI is InChI=1S/C18H20N4O3S/c1-17(10-19,11-4-5-11)20-14(23)9-22-15(24)18(21-16(22)25)7-2-3-13-12(18)6-8-26-13/h6,8,11H,2-5,7,9H2,1H3,(H,20,23)(H,21,25)/t17-,18+/m1/s1. The number of hydrogen-bond donors (Lipinski definition) is 2. The predicted molar refractivity (Wildman–Crippen MR) is 94.1 cm³/mol. The number of imide groups is 1. The number of amides is 4. The molecule has 2 aliphatic carbocycles. The number of nitriles is 1. The zero-order valence-electron chi connectivity index (χ0n) is 14.5. The highest BCUT2D eigenvalue weighted by Crippen LogP contribution is 2.42. The fourth-order valence-electron chi connectivity index (χ4n) is 4.04. The number of rotatable bonds is 4. The summed E-state index contributed by atoms with van der Waals surface area (Å²) in [6.45, 7) is 1.32. The van der Waals surface area contributed by atoms with E-state index in [0.717, 1.165) is 41.0 Å². The van der Waals surface area contributed by atoms with Crippen molar-refractivity contribution in [3.8, 4) is 6.07 Å². The molecule has 7 nitrogen and oxygen atoms in total. The number of nitrogens with zero attached hydrogens (tertiary/aromatic N) is 2. The number of fused-ring (bicyclic) bond motifs is 2. The first-order chi connectivity index (χ1) is 12.4. The summed E-state index contributed by atoms with van der Waals surface area (Å²) in [6.07, 6.45) is 4.06. The van der Waals surface area contributed by atoms with E-state index in [0.29, 0.717) is 6.42 Å². The Balaban J connectivity index is 1.52. The van der Waals surface area contributed by atoms with Crippen molar-refractivity contribution in [3.63, 3.8) is 0 Å². The van der Waals surface area contributed by atoms with Gasteiger partial charge in [0.1, 0.15) is 17.6 Å². The second-order valence-corrected chi connectivity index (χ2v) is 8.48. The third-order valence-corrected chi connectivity index (χ3v) is 6.64. The van der Waals surface area contributed by atoms with Gasteiger partial charge < -0.3 is 10.6 Å². The van der Waals surface area contributed by atoms with E-state index in [9.17, 15) is 19.6 Å². The maximum Gasteiger partial charge on any atom is 0.325 e. The highest BCUT2D eigenvalue weighted by Gasteiger charge is 2.55. The molecule has 2 heterocycles. The lowest BCUT2D eigenvalue weighted by molar-refractivity contribution is -0.136. The molecular weight excluding hydrogens is 352 g/mol. The van der Waals surface area contributed by atoms with Crippen LogP contribution in [0.2, 0.25) is 0 Å². The van der Waals surface area contributed by atoms with E-state index < -0.39 is 23.0 Å². The Labute approximate surface area is 155 Å². The van der Waals surface area contributed by atoms with Gasteiger partial charge in [0.25, 0.3) is 5.91 Å². The molecule has 4 amide bonds. The van der Waals surface area contributed by atoms with Crippen LogP contribution < -0.4 is 10.6 Å². The van der Waals surface area contributed by atoms with Gasteiger partial charge in [-0.1, -0.05) is 0 Å². The molecule has 2 N–H and O–H groups in total. The smallest absolute Gasteiger partial charge is 0.325 e. The van der Waals surface area contributed by atoms with Gasteiger partial charge in [-0.15, -0.1) is 11.3 Å². The van der Waals surface area contributed by atoms with Crippen LogP contribution in [-0.4, -0.2) is 34.8 Å². The van der Waals surface area contributed by atoms with Crippen LogP contribution in [0, 0.1) is 17.2 Å². The molecule has 2 atom stereocenters. The van der Waals surface area contributed by atoms with Crippen LogP contribution in [0.4, 0.5) is 4.79 Å². The largest absolute Gasteiger partial charge is 0.336 e. The molecule has 2 fully saturated rings. The van der Waals surface area contributed by atoms with E-state index in [-0.39, 0.29) is 18.4 Å². The van der Waals surface area contributed by atoms with Crippen molar-refractivity contribution in [1.29, 1.82) is 5.26 Å². The number of carbonyl (C=O) groups is 3. The molecule has 8 heteroatoms. The molecule has 0 bridgehead atoms. The number of nitrogens with one attached hydrogen (secondary N) is 2. The molecule has 26 heavy (non-hydrogen) atoms. The van der Waals surface area contributed by atoms with Gasteiger partial charge in [0.15, 0.2) is 0 Å². The molecule has 4 rings (SSSR count). The van der Waals surface area contributed by atoms with E-state index in [2.05, 4.69) is 16.7 Å². The van der Waals surface area contributed by atoms with Gasteiger partial charge >= 0.3 is 6.03 Å². The molecule has 136 valence electrons. The maximum absolute atomic E-state index is 13.1. The Morgan fingerprint density at radius 2 is 2.31 bits per heavy atom. The molecule has 1 saturated heterocycles. The molecular formula is C18H20N4O3S. The monoisotopic (exact) mass is 372 g/mol. The summed E-state index contributed by atoms with van der Waals surface area (Å²) in [4.78, 5) is 40.1. The molecule has 1 aliphatic heterocycles. The first kappa shape index (κ1) is 17.0. The van der Waals surface area contributed by atoms with Crippen LogP contribution >= 0.6 is 11.3 Å². The fourth-order valence-corrected chi connectivity index (χ4v) is 5.04. The number of carbonyl (C=O) groups excluding carboxylic acids is 3. The lowest BCUT2D eigenvalue weighted by atomic mass is 9.80. The van der Waals surface area contributed by atoms with Gasteiger partial charge in [-0.05, 0) is 56.4 Å². The lowest BCUT2D eigenvalue weighted by Gasteiger charge is -2.31. The Morgan fingerprint density at radius 3 is 3.00 bits per heavy atom. The third-order valence-electron chi connectivity index (χ3n) is 5.66. The van der Waals surface area contributed by atoms with E-state index in [1.165, 1.54) is 0 Å². The molecule has 1 spiro atoms. The van der Waals surface area contributed by atoms with Crippen molar-refractivity contribution in [2.45, 2.75) is 50.1 Å². The lowest BCUT2D eigenvalue weighted by Crippen LogP contribution is -2.51. The summed E-state index contributed by atoms with van der Waals surface area (Å²) in [5.74, 6) is -0.720. The van der Waals surface area contributed by atoms with E-state index in [1.807, 2.05) is 11.4 Å². The van der Waals surface area contributed by atoms with Gasteiger partial charge in [-0.2, -0.15) is 5.26 Å². The normalized spacial score (nSPS) is 26.8. The zero-order valence-corrected chi connectivity index (χ0v) is 15.3. The summed E-state index contributed by atoms with van der Waals surface area (Å²) in [7, 11) is 0. The van der Waals surface area contributed by atoms with Crippen molar-refractivity contribution in [2.75, 3.05) is 6.54 Å². The highest BCUT2D eigenvalue weighted by molar-refractivity contribution is 7.10. The van der Waals surface area contributed by atoms with E-state index in [1.54, 1.807) is 18.3 Å². The molecule has 0 unspecified atom stereocenters. The van der Waals surface area contributed by atoms with Crippen LogP contribution in [0.5, 0.6) is 0 Å². The van der Waals surface area contributed by atoms with Gasteiger partial charge in [-0.3, -0.25) is 14.5 Å². The minimum Gasteiger partial charge on any atom is -0.336 e. The highest BCUT2D eigenvalue weighted by atomic mass is 32.1. The predicted octanol–water partition coefficient (Wildman–Crippen LogP) is 1.64. The summed E-state index contributed by atoms with van der Waals surface area (Å²) in [5.41, 5.74) is -1.13. The number of hydrogen-bond acceptors (Lipinski definition) is 5. The van der Waals surface area contributed by atoms with Gasteiger partial charge in [0, 0.05) is 10.4 Å². The Morgan fingerprint density at radius 1 is 1.54 bits per heavy atom. The Bertz CT molecular complexity index is 840. The van der Waals surface area contributed by atoms with Crippen molar-refractivity contribution in [2.24, 2.45) is 5.92 Å². The van der Waals surface area contributed by atoms with Crippen molar-refractivity contribution < 1.29 is 14.4 Å². The first-order valence-electron chi connectivity index (χ1n) is 8.83. The Hall–Kier alpha value is -2.40. The zero-order chi connectivity index (χ0) is 18.5. The number of urea groups is 1. The second kappa shape index (κ2) is 5.81. The summed E-state index contributed by atoms with van der Waals surface area (Å²) in [5, 5.41) is 16.8. The van der Waals surface area contributed by atoms with Gasteiger partial charge in [-0.25, -0.2) is 4.79 Å². The van der Waals surface area contributed by atoms with Crippen molar-refractivity contribution in [1.82, 2.24) is 15.5 Å². The van der Waals surface area contributed by atoms with E-state index >= 15 is 0 Å². The summed E-state index contributed by atoms with van der Waals surface area (Å²) in [6, 6.07) is 3.49. The summed E-state index contributed by atoms with van der Waals surface area (Å²) >= 11 is 1.59. The first-order valence-corrected chi connectivity index (χ1v) is 9.71. The van der Waals surface area contributed by atoms with E-state index in [4.69, 9.17) is 0 Å². The van der Waals surface area contributed by atoms with Crippen molar-refractivity contribution >= 4 is 29.2 Å².